The average Bonchev–Trinajstić information content (AvgIpc) is 2.65. The Morgan fingerprint density at radius 3 is 2.15 bits per heavy atom. The number of nitrogens with one attached hydrogen (secondary N) is 1. The van der Waals surface area contributed by atoms with Gasteiger partial charge in [-0.15, -0.1) is 0 Å². The van der Waals surface area contributed by atoms with E-state index in [2.05, 4.69) is 24.1 Å². The number of nitrogens with two attached hydrogens (primary N) is 1. The first-order valence-corrected chi connectivity index (χ1v) is 10.6. The maximum Gasteiger partial charge on any atom is 0.251 e. The summed E-state index contributed by atoms with van der Waals surface area (Å²) in [5.41, 5.74) is 2.48. The molecule has 146 valence electrons. The highest BCUT2D eigenvalue weighted by molar-refractivity contribution is 7.89. The first kappa shape index (κ1) is 20.9. The van der Waals surface area contributed by atoms with Gasteiger partial charge in [-0.1, -0.05) is 19.1 Å². The number of carbonyl (C=O) groups is 1. The normalized spacial score (nSPS) is 12.4. The lowest BCUT2D eigenvalue weighted by Crippen LogP contribution is -2.27. The summed E-state index contributed by atoms with van der Waals surface area (Å²) < 4.78 is 22.6. The van der Waals surface area contributed by atoms with Crippen LogP contribution in [0.4, 0.5) is 5.69 Å². The van der Waals surface area contributed by atoms with Gasteiger partial charge in [-0.3, -0.25) is 4.79 Å². The Hall–Kier alpha value is -2.38. The van der Waals surface area contributed by atoms with Crippen LogP contribution >= 0.6 is 0 Å². The van der Waals surface area contributed by atoms with Crippen LogP contribution in [-0.4, -0.2) is 27.4 Å². The molecule has 1 atom stereocenters. The van der Waals surface area contributed by atoms with E-state index in [1.54, 1.807) is 12.1 Å². The molecule has 0 radical (unpaired) electrons. The minimum absolute atomic E-state index is 0.0490. The smallest absolute Gasteiger partial charge is 0.251 e. The second-order valence-electron chi connectivity index (χ2n) is 6.44. The molecule has 0 fully saturated rings. The van der Waals surface area contributed by atoms with Gasteiger partial charge in [-0.05, 0) is 62.2 Å². The summed E-state index contributed by atoms with van der Waals surface area (Å²) in [7, 11) is -3.72. The average molecular weight is 390 g/mol. The third-order valence-electron chi connectivity index (χ3n) is 4.43. The minimum Gasteiger partial charge on any atom is -0.372 e. The molecule has 2 rings (SSSR count). The van der Waals surface area contributed by atoms with Gasteiger partial charge in [0.15, 0.2) is 0 Å². The molecule has 0 unspecified atom stereocenters. The van der Waals surface area contributed by atoms with Crippen LogP contribution in [0.5, 0.6) is 0 Å². The van der Waals surface area contributed by atoms with Crippen LogP contribution in [0.3, 0.4) is 0 Å². The summed E-state index contributed by atoms with van der Waals surface area (Å²) in [6, 6.07) is 13.5. The molecule has 0 aliphatic rings. The second-order valence-corrected chi connectivity index (χ2v) is 8.00. The molecular formula is C20H27N3O3S. The number of carbonyl (C=O) groups excluding carboxylic acids is 1. The Bertz CT molecular complexity index is 862. The van der Waals surface area contributed by atoms with E-state index >= 15 is 0 Å². The SMILES string of the molecule is CCCN(CC)c1ccc(C(=O)N[C@H](C)c2ccc(S(N)(=O)=O)cc2)cc1. The molecule has 0 saturated heterocycles. The fourth-order valence-corrected chi connectivity index (χ4v) is 3.39. The van der Waals surface area contributed by atoms with Gasteiger partial charge < -0.3 is 10.2 Å². The molecule has 6 nitrogen and oxygen atoms in total. The van der Waals surface area contributed by atoms with Crippen molar-refractivity contribution in [2.45, 2.75) is 38.1 Å². The summed E-state index contributed by atoms with van der Waals surface area (Å²) in [6.45, 7) is 8.00. The molecule has 0 aromatic heterocycles. The highest BCUT2D eigenvalue weighted by Crippen LogP contribution is 2.18. The third kappa shape index (κ3) is 5.55. The van der Waals surface area contributed by atoms with E-state index in [1.165, 1.54) is 12.1 Å². The number of anilines is 1. The molecule has 1 amide bonds. The fourth-order valence-electron chi connectivity index (χ4n) is 2.87. The summed E-state index contributed by atoms with van der Waals surface area (Å²) >= 11 is 0. The number of benzene rings is 2. The fraction of sp³-hybridized carbons (Fsp3) is 0.350. The zero-order chi connectivity index (χ0) is 20.0. The molecule has 0 spiro atoms. The van der Waals surface area contributed by atoms with Gasteiger partial charge in [0.1, 0.15) is 0 Å². The van der Waals surface area contributed by atoms with E-state index in [4.69, 9.17) is 5.14 Å². The topological polar surface area (TPSA) is 92.5 Å². The van der Waals surface area contributed by atoms with Gasteiger partial charge in [0, 0.05) is 24.3 Å². The van der Waals surface area contributed by atoms with Crippen molar-refractivity contribution in [1.82, 2.24) is 5.32 Å². The first-order valence-electron chi connectivity index (χ1n) is 9.04. The van der Waals surface area contributed by atoms with E-state index in [1.807, 2.05) is 31.2 Å². The van der Waals surface area contributed by atoms with Gasteiger partial charge in [0.05, 0.1) is 10.9 Å². The maximum atomic E-state index is 12.5. The van der Waals surface area contributed by atoms with Crippen LogP contribution in [0.2, 0.25) is 0 Å². The quantitative estimate of drug-likeness (QED) is 0.726. The number of primary sulfonamides is 1. The molecule has 3 N–H and O–H groups in total. The van der Waals surface area contributed by atoms with Crippen molar-refractivity contribution in [3.8, 4) is 0 Å². The van der Waals surface area contributed by atoms with Crippen molar-refractivity contribution >= 4 is 21.6 Å². The van der Waals surface area contributed by atoms with Crippen LogP contribution in [0.25, 0.3) is 0 Å². The van der Waals surface area contributed by atoms with E-state index in [0.29, 0.717) is 5.56 Å². The van der Waals surface area contributed by atoms with Gasteiger partial charge >= 0.3 is 0 Å². The van der Waals surface area contributed by atoms with E-state index in [9.17, 15) is 13.2 Å². The summed E-state index contributed by atoms with van der Waals surface area (Å²) in [4.78, 5) is 14.8. The van der Waals surface area contributed by atoms with Crippen molar-refractivity contribution in [1.29, 1.82) is 0 Å². The Balaban J connectivity index is 2.05. The second kappa shape index (κ2) is 9.01. The van der Waals surface area contributed by atoms with Crippen LogP contribution < -0.4 is 15.4 Å². The molecule has 7 heteroatoms. The van der Waals surface area contributed by atoms with Crippen molar-refractivity contribution < 1.29 is 13.2 Å². The van der Waals surface area contributed by atoms with E-state index in [-0.39, 0.29) is 16.8 Å². The van der Waals surface area contributed by atoms with Crippen LogP contribution in [-0.2, 0) is 10.0 Å². The predicted molar refractivity (Wildman–Crippen MR) is 108 cm³/mol. The maximum absolute atomic E-state index is 12.5. The lowest BCUT2D eigenvalue weighted by molar-refractivity contribution is 0.0940. The number of amides is 1. The lowest BCUT2D eigenvalue weighted by atomic mass is 10.1. The van der Waals surface area contributed by atoms with Gasteiger partial charge in [-0.2, -0.15) is 0 Å². The highest BCUT2D eigenvalue weighted by Gasteiger charge is 2.14. The molecule has 0 bridgehead atoms. The predicted octanol–water partition coefficient (Wildman–Crippen LogP) is 3.06. The zero-order valence-electron chi connectivity index (χ0n) is 16.0. The summed E-state index contributed by atoms with van der Waals surface area (Å²) in [5.74, 6) is -0.178. The number of nitrogens with zero attached hydrogens (tertiary/aromatic N) is 1. The van der Waals surface area contributed by atoms with Crippen LogP contribution in [0.15, 0.2) is 53.4 Å². The minimum atomic E-state index is -3.72. The van der Waals surface area contributed by atoms with E-state index < -0.39 is 10.0 Å². The van der Waals surface area contributed by atoms with Crippen molar-refractivity contribution in [3.63, 3.8) is 0 Å². The number of hydrogen-bond donors (Lipinski definition) is 2. The monoisotopic (exact) mass is 389 g/mol. The molecule has 0 aliphatic carbocycles. The molecule has 2 aromatic rings. The Kier molecular flexibility index (Phi) is 6.98. The third-order valence-corrected chi connectivity index (χ3v) is 5.36. The molecule has 27 heavy (non-hydrogen) atoms. The molecule has 0 saturated carbocycles. The molecular weight excluding hydrogens is 362 g/mol. The molecule has 0 heterocycles. The van der Waals surface area contributed by atoms with Crippen LogP contribution in [0, 0.1) is 0 Å². The molecule has 2 aromatic carbocycles. The van der Waals surface area contributed by atoms with Crippen molar-refractivity contribution in [2.24, 2.45) is 5.14 Å². The molecule has 0 aliphatic heterocycles. The Morgan fingerprint density at radius 2 is 1.67 bits per heavy atom. The van der Waals surface area contributed by atoms with Crippen LogP contribution in [0.1, 0.15) is 49.2 Å². The van der Waals surface area contributed by atoms with Gasteiger partial charge in [-0.25, -0.2) is 13.6 Å². The largest absolute Gasteiger partial charge is 0.372 e. The summed E-state index contributed by atoms with van der Waals surface area (Å²) in [6.07, 6.45) is 1.07. The van der Waals surface area contributed by atoms with Gasteiger partial charge in [0.2, 0.25) is 10.0 Å². The summed E-state index contributed by atoms with van der Waals surface area (Å²) in [5, 5.41) is 8.03. The Labute approximate surface area is 161 Å². The lowest BCUT2D eigenvalue weighted by Gasteiger charge is -2.22. The number of sulfonamides is 1. The number of rotatable bonds is 8. The van der Waals surface area contributed by atoms with Crippen molar-refractivity contribution in [3.05, 3.63) is 59.7 Å². The zero-order valence-corrected chi connectivity index (χ0v) is 16.8. The van der Waals surface area contributed by atoms with E-state index in [0.717, 1.165) is 30.8 Å². The number of hydrogen-bond acceptors (Lipinski definition) is 4. The highest BCUT2D eigenvalue weighted by atomic mass is 32.2. The standard InChI is InChI=1S/C20H27N3O3S/c1-4-14-23(5-2)18-10-6-17(7-11-18)20(24)22-15(3)16-8-12-19(13-9-16)27(21,25)26/h6-13,15H,4-5,14H2,1-3H3,(H,22,24)(H2,21,25,26)/t15-/m1/s1. The first-order chi connectivity index (χ1) is 12.8. The van der Waals surface area contributed by atoms with Crippen molar-refractivity contribution in [2.75, 3.05) is 18.0 Å². The van der Waals surface area contributed by atoms with Gasteiger partial charge in [0.25, 0.3) is 5.91 Å². The Morgan fingerprint density at radius 1 is 1.07 bits per heavy atom.